The Morgan fingerprint density at radius 1 is 0.900 bits per heavy atom. The van der Waals surface area contributed by atoms with Crippen LogP contribution in [0.2, 0.25) is 0 Å². The van der Waals surface area contributed by atoms with Crippen molar-refractivity contribution >= 4 is 0 Å². The molecule has 3 rings (SSSR count). The topological polar surface area (TPSA) is 47.3 Å². The lowest BCUT2D eigenvalue weighted by Gasteiger charge is -2.28. The smallest absolute Gasteiger partial charge is 0.127 e. The third kappa shape index (κ3) is 3.18. The molecule has 0 aromatic heterocycles. The number of para-hydroxylation sites is 1. The van der Waals surface area contributed by atoms with Crippen LogP contribution in [0.1, 0.15) is 17.9 Å². The van der Waals surface area contributed by atoms with Crippen LogP contribution in [0.15, 0.2) is 54.6 Å². The minimum Gasteiger partial charge on any atom is -0.457 e. The van der Waals surface area contributed by atoms with Gasteiger partial charge in [0.05, 0.1) is 0 Å². The minimum atomic E-state index is 0.258. The molecular formula is C17H20N2O. The molecular weight excluding hydrogens is 248 g/mol. The first kappa shape index (κ1) is 13.2. The SMILES string of the molecule is NC1CNCC(c2ccc(Oc3ccccc3)cc2)C1. The summed E-state index contributed by atoms with van der Waals surface area (Å²) in [4.78, 5) is 0. The van der Waals surface area contributed by atoms with Gasteiger partial charge in [-0.15, -0.1) is 0 Å². The molecule has 20 heavy (non-hydrogen) atoms. The lowest BCUT2D eigenvalue weighted by Crippen LogP contribution is -2.43. The monoisotopic (exact) mass is 268 g/mol. The Morgan fingerprint density at radius 3 is 2.30 bits per heavy atom. The zero-order valence-corrected chi connectivity index (χ0v) is 11.5. The molecule has 104 valence electrons. The van der Waals surface area contributed by atoms with E-state index in [1.54, 1.807) is 0 Å². The van der Waals surface area contributed by atoms with Gasteiger partial charge >= 0.3 is 0 Å². The van der Waals surface area contributed by atoms with Gasteiger partial charge in [0, 0.05) is 19.1 Å². The van der Waals surface area contributed by atoms with Gasteiger partial charge in [-0.1, -0.05) is 30.3 Å². The first-order valence-corrected chi connectivity index (χ1v) is 7.10. The second-order valence-electron chi connectivity index (χ2n) is 5.34. The second-order valence-corrected chi connectivity index (χ2v) is 5.34. The molecule has 2 aromatic rings. The first-order valence-electron chi connectivity index (χ1n) is 7.10. The summed E-state index contributed by atoms with van der Waals surface area (Å²) in [5.41, 5.74) is 7.33. The molecule has 0 spiro atoms. The van der Waals surface area contributed by atoms with Gasteiger partial charge < -0.3 is 15.8 Å². The Morgan fingerprint density at radius 2 is 1.60 bits per heavy atom. The predicted octanol–water partition coefficient (Wildman–Crippen LogP) is 2.88. The molecule has 0 radical (unpaired) electrons. The van der Waals surface area contributed by atoms with Crippen molar-refractivity contribution in [2.75, 3.05) is 13.1 Å². The summed E-state index contributed by atoms with van der Waals surface area (Å²) < 4.78 is 5.80. The summed E-state index contributed by atoms with van der Waals surface area (Å²) in [7, 11) is 0. The summed E-state index contributed by atoms with van der Waals surface area (Å²) in [5.74, 6) is 2.24. The van der Waals surface area contributed by atoms with Crippen LogP contribution >= 0.6 is 0 Å². The number of hydrogen-bond acceptors (Lipinski definition) is 3. The van der Waals surface area contributed by atoms with E-state index in [1.165, 1.54) is 5.56 Å². The van der Waals surface area contributed by atoms with Crippen molar-refractivity contribution in [3.05, 3.63) is 60.2 Å². The molecule has 0 amide bonds. The maximum atomic E-state index is 6.01. The number of rotatable bonds is 3. The van der Waals surface area contributed by atoms with Crippen LogP contribution in [-0.2, 0) is 0 Å². The van der Waals surface area contributed by atoms with Crippen molar-refractivity contribution in [1.29, 1.82) is 0 Å². The third-order valence-electron chi connectivity index (χ3n) is 3.71. The molecule has 2 aromatic carbocycles. The van der Waals surface area contributed by atoms with Crippen molar-refractivity contribution in [3.63, 3.8) is 0 Å². The molecule has 1 fully saturated rings. The van der Waals surface area contributed by atoms with Crippen molar-refractivity contribution in [1.82, 2.24) is 5.32 Å². The Kier molecular flexibility index (Phi) is 4.00. The maximum Gasteiger partial charge on any atom is 0.127 e. The minimum absolute atomic E-state index is 0.258. The fourth-order valence-corrected chi connectivity index (χ4v) is 2.66. The van der Waals surface area contributed by atoms with E-state index in [2.05, 4.69) is 17.4 Å². The van der Waals surface area contributed by atoms with Crippen LogP contribution in [0, 0.1) is 0 Å². The highest BCUT2D eigenvalue weighted by molar-refractivity contribution is 5.34. The van der Waals surface area contributed by atoms with Crippen LogP contribution in [0.5, 0.6) is 11.5 Å². The molecule has 0 aliphatic carbocycles. The fraction of sp³-hybridized carbons (Fsp3) is 0.294. The first-order chi connectivity index (χ1) is 9.81. The lowest BCUT2D eigenvalue weighted by atomic mass is 9.89. The molecule has 1 aliphatic heterocycles. The van der Waals surface area contributed by atoms with Gasteiger partial charge in [0.15, 0.2) is 0 Å². The van der Waals surface area contributed by atoms with E-state index in [0.29, 0.717) is 5.92 Å². The van der Waals surface area contributed by atoms with E-state index in [0.717, 1.165) is 31.0 Å². The van der Waals surface area contributed by atoms with Gasteiger partial charge in [0.2, 0.25) is 0 Å². The van der Waals surface area contributed by atoms with Gasteiger partial charge in [0.1, 0.15) is 11.5 Å². The van der Waals surface area contributed by atoms with Gasteiger partial charge in [0.25, 0.3) is 0 Å². The molecule has 3 N–H and O–H groups in total. The summed E-state index contributed by atoms with van der Waals surface area (Å²) in [6, 6.07) is 18.4. The van der Waals surface area contributed by atoms with Crippen molar-refractivity contribution in [2.45, 2.75) is 18.4 Å². The van der Waals surface area contributed by atoms with Gasteiger partial charge in [-0.25, -0.2) is 0 Å². The maximum absolute atomic E-state index is 6.01. The number of hydrogen-bond donors (Lipinski definition) is 2. The van der Waals surface area contributed by atoms with Crippen molar-refractivity contribution < 1.29 is 4.74 Å². The number of ether oxygens (including phenoxy) is 1. The molecule has 2 atom stereocenters. The standard InChI is InChI=1S/C17H20N2O/c18-15-10-14(11-19-12-15)13-6-8-17(9-7-13)20-16-4-2-1-3-5-16/h1-9,14-15,19H,10-12,18H2. The highest BCUT2D eigenvalue weighted by atomic mass is 16.5. The quantitative estimate of drug-likeness (QED) is 0.900. The summed E-state index contributed by atoms with van der Waals surface area (Å²) in [5, 5.41) is 3.38. The van der Waals surface area contributed by atoms with E-state index in [-0.39, 0.29) is 6.04 Å². The largest absolute Gasteiger partial charge is 0.457 e. The average Bonchev–Trinajstić information content (AvgIpc) is 2.49. The summed E-state index contributed by atoms with van der Waals surface area (Å²) in [6.07, 6.45) is 1.05. The van der Waals surface area contributed by atoms with Crippen LogP contribution in [0.3, 0.4) is 0 Å². The molecule has 1 heterocycles. The van der Waals surface area contributed by atoms with E-state index in [4.69, 9.17) is 10.5 Å². The summed E-state index contributed by atoms with van der Waals surface area (Å²) >= 11 is 0. The predicted molar refractivity (Wildman–Crippen MR) is 81.2 cm³/mol. The van der Waals surface area contributed by atoms with Crippen LogP contribution in [-0.4, -0.2) is 19.1 Å². The number of piperidine rings is 1. The Balaban J connectivity index is 1.68. The normalized spacial score (nSPS) is 22.4. The number of benzene rings is 2. The second kappa shape index (κ2) is 6.07. The molecule has 0 saturated carbocycles. The average molecular weight is 268 g/mol. The summed E-state index contributed by atoms with van der Waals surface area (Å²) in [6.45, 7) is 1.93. The third-order valence-corrected chi connectivity index (χ3v) is 3.71. The lowest BCUT2D eigenvalue weighted by molar-refractivity contribution is 0.411. The van der Waals surface area contributed by atoms with Gasteiger partial charge in [-0.05, 0) is 42.2 Å². The fourth-order valence-electron chi connectivity index (χ4n) is 2.66. The highest BCUT2D eigenvalue weighted by Gasteiger charge is 2.20. The van der Waals surface area contributed by atoms with E-state index in [1.807, 2.05) is 42.5 Å². The van der Waals surface area contributed by atoms with E-state index >= 15 is 0 Å². The van der Waals surface area contributed by atoms with Crippen LogP contribution in [0.4, 0.5) is 0 Å². The van der Waals surface area contributed by atoms with Crippen LogP contribution in [0.25, 0.3) is 0 Å². The highest BCUT2D eigenvalue weighted by Crippen LogP contribution is 2.26. The van der Waals surface area contributed by atoms with E-state index in [9.17, 15) is 0 Å². The Labute approximate surface area is 119 Å². The van der Waals surface area contributed by atoms with Crippen molar-refractivity contribution in [3.8, 4) is 11.5 Å². The zero-order valence-electron chi connectivity index (χ0n) is 11.5. The number of nitrogens with two attached hydrogens (primary N) is 1. The Bertz CT molecular complexity index is 539. The van der Waals surface area contributed by atoms with Gasteiger partial charge in [-0.2, -0.15) is 0 Å². The number of nitrogens with one attached hydrogen (secondary N) is 1. The zero-order chi connectivity index (χ0) is 13.8. The van der Waals surface area contributed by atoms with Crippen molar-refractivity contribution in [2.24, 2.45) is 5.73 Å². The molecule has 2 unspecified atom stereocenters. The molecule has 0 bridgehead atoms. The Hall–Kier alpha value is -1.84. The molecule has 3 heteroatoms. The molecule has 1 aliphatic rings. The van der Waals surface area contributed by atoms with Gasteiger partial charge in [-0.3, -0.25) is 0 Å². The van der Waals surface area contributed by atoms with Crippen LogP contribution < -0.4 is 15.8 Å². The molecule has 1 saturated heterocycles. The van der Waals surface area contributed by atoms with E-state index < -0.39 is 0 Å². The molecule has 3 nitrogen and oxygen atoms in total.